The van der Waals surface area contributed by atoms with E-state index in [1.165, 1.54) is 27.9 Å². The summed E-state index contributed by atoms with van der Waals surface area (Å²) in [4.78, 5) is 0.459. The summed E-state index contributed by atoms with van der Waals surface area (Å²) in [5, 5.41) is 0.485. The molecule has 0 amide bonds. The molecule has 2 aliphatic heterocycles. The summed E-state index contributed by atoms with van der Waals surface area (Å²) >= 11 is 5.85. The summed E-state index contributed by atoms with van der Waals surface area (Å²) in [5.74, 6) is 0.600. The van der Waals surface area contributed by atoms with Crippen molar-refractivity contribution in [3.05, 3.63) is 53.6 Å². The van der Waals surface area contributed by atoms with Crippen molar-refractivity contribution in [1.82, 2.24) is 8.61 Å². The van der Waals surface area contributed by atoms with Gasteiger partial charge in [-0.2, -0.15) is 8.61 Å². The normalized spacial score (nSPS) is 20.1. The van der Waals surface area contributed by atoms with Crippen molar-refractivity contribution in [2.45, 2.75) is 22.6 Å². The van der Waals surface area contributed by atoms with Gasteiger partial charge in [0.15, 0.2) is 0 Å². The molecule has 0 N–H and O–H groups in total. The Morgan fingerprint density at radius 1 is 0.800 bits per heavy atom. The molecule has 4 rings (SSSR count). The first-order valence-electron chi connectivity index (χ1n) is 9.56. The number of hydrogen-bond donors (Lipinski definition) is 0. The largest absolute Gasteiger partial charge is 0.497 e. The van der Waals surface area contributed by atoms with Crippen LogP contribution in [0.2, 0.25) is 5.02 Å². The van der Waals surface area contributed by atoms with Gasteiger partial charge in [-0.3, -0.25) is 0 Å². The molecule has 2 aromatic carbocycles. The van der Waals surface area contributed by atoms with E-state index in [4.69, 9.17) is 16.3 Å². The lowest BCUT2D eigenvalue weighted by Gasteiger charge is -2.52. The van der Waals surface area contributed by atoms with Crippen molar-refractivity contribution in [3.8, 4) is 5.75 Å². The first-order valence-corrected chi connectivity index (χ1v) is 12.8. The van der Waals surface area contributed by atoms with E-state index in [1.54, 1.807) is 36.4 Å². The molecule has 0 saturated carbocycles. The topological polar surface area (TPSA) is 84.0 Å². The second-order valence-corrected chi connectivity index (χ2v) is 12.1. The van der Waals surface area contributed by atoms with Crippen LogP contribution < -0.4 is 4.74 Å². The minimum atomic E-state index is -3.57. The standard InChI is InChI=1S/C20H23ClN2O5S2/c1-28-17-4-8-19(9-5-17)30(26,27)23-14-20(15-23)10-12-22(13-11-20)29(24,25)18-6-2-16(21)3-7-18/h2-9H,10-15H2,1H3. The van der Waals surface area contributed by atoms with Crippen LogP contribution in [-0.4, -0.2) is 58.7 Å². The molecule has 0 radical (unpaired) electrons. The summed E-state index contributed by atoms with van der Waals surface area (Å²) in [5.41, 5.74) is -0.161. The average molecular weight is 471 g/mol. The quantitative estimate of drug-likeness (QED) is 0.670. The van der Waals surface area contributed by atoms with Crippen molar-refractivity contribution < 1.29 is 21.6 Å². The van der Waals surface area contributed by atoms with Crippen LogP contribution in [0.3, 0.4) is 0 Å². The van der Waals surface area contributed by atoms with Crippen LogP contribution in [-0.2, 0) is 20.0 Å². The van der Waals surface area contributed by atoms with Gasteiger partial charge in [0.25, 0.3) is 0 Å². The minimum absolute atomic E-state index is 0.161. The highest BCUT2D eigenvalue weighted by Crippen LogP contribution is 2.43. The van der Waals surface area contributed by atoms with E-state index in [-0.39, 0.29) is 15.2 Å². The number of rotatable bonds is 5. The van der Waals surface area contributed by atoms with Crippen molar-refractivity contribution in [2.75, 3.05) is 33.3 Å². The van der Waals surface area contributed by atoms with Crippen LogP contribution in [0.15, 0.2) is 58.3 Å². The molecule has 30 heavy (non-hydrogen) atoms. The highest BCUT2D eigenvalue weighted by molar-refractivity contribution is 7.89. The van der Waals surface area contributed by atoms with Crippen molar-refractivity contribution >= 4 is 31.6 Å². The number of hydrogen-bond acceptors (Lipinski definition) is 5. The fourth-order valence-electron chi connectivity index (χ4n) is 4.04. The Hall–Kier alpha value is -1.65. The van der Waals surface area contributed by atoms with Gasteiger partial charge in [0.2, 0.25) is 20.0 Å². The van der Waals surface area contributed by atoms with E-state index in [1.807, 2.05) is 0 Å². The van der Waals surface area contributed by atoms with Gasteiger partial charge < -0.3 is 4.74 Å². The van der Waals surface area contributed by atoms with Crippen molar-refractivity contribution in [3.63, 3.8) is 0 Å². The molecule has 0 aliphatic carbocycles. The van der Waals surface area contributed by atoms with E-state index in [0.29, 0.717) is 49.8 Å². The molecular weight excluding hydrogens is 448 g/mol. The lowest BCUT2D eigenvalue weighted by molar-refractivity contribution is 0.0197. The lowest BCUT2D eigenvalue weighted by atomic mass is 9.74. The number of halogens is 1. The number of ether oxygens (including phenoxy) is 1. The lowest BCUT2D eigenvalue weighted by Crippen LogP contribution is -2.62. The summed E-state index contributed by atoms with van der Waals surface area (Å²) < 4.78 is 59.4. The summed E-state index contributed by atoms with van der Waals surface area (Å²) in [6.45, 7) is 1.58. The third-order valence-corrected chi connectivity index (χ3v) is 9.93. The number of nitrogens with zero attached hydrogens (tertiary/aromatic N) is 2. The zero-order valence-corrected chi connectivity index (χ0v) is 18.9. The summed E-state index contributed by atoms with van der Waals surface area (Å²) in [7, 11) is -5.60. The SMILES string of the molecule is COc1ccc(S(=O)(=O)N2CC3(CCN(S(=O)(=O)c4ccc(Cl)cc4)CC3)C2)cc1. The molecule has 7 nitrogen and oxygen atoms in total. The Morgan fingerprint density at radius 2 is 1.27 bits per heavy atom. The minimum Gasteiger partial charge on any atom is -0.497 e. The molecule has 1 spiro atoms. The first kappa shape index (κ1) is 21.6. The summed E-state index contributed by atoms with van der Waals surface area (Å²) in [6, 6.07) is 12.5. The van der Waals surface area contributed by atoms with Gasteiger partial charge in [0.1, 0.15) is 5.75 Å². The van der Waals surface area contributed by atoms with E-state index in [0.717, 1.165) is 0 Å². The Kier molecular flexibility index (Phi) is 5.61. The molecule has 0 atom stereocenters. The number of benzene rings is 2. The third-order valence-electron chi connectivity index (χ3n) is 5.96. The van der Waals surface area contributed by atoms with Crippen molar-refractivity contribution in [2.24, 2.45) is 5.41 Å². The zero-order valence-electron chi connectivity index (χ0n) is 16.5. The van der Waals surface area contributed by atoms with Crippen LogP contribution >= 0.6 is 11.6 Å². The van der Waals surface area contributed by atoms with Gasteiger partial charge in [-0.25, -0.2) is 16.8 Å². The van der Waals surface area contributed by atoms with Crippen LogP contribution in [0.5, 0.6) is 5.75 Å². The van der Waals surface area contributed by atoms with E-state index in [9.17, 15) is 16.8 Å². The van der Waals surface area contributed by atoms with Gasteiger partial charge in [-0.15, -0.1) is 0 Å². The van der Waals surface area contributed by atoms with Crippen LogP contribution in [0.25, 0.3) is 0 Å². The highest BCUT2D eigenvalue weighted by Gasteiger charge is 2.50. The van der Waals surface area contributed by atoms with Gasteiger partial charge in [0, 0.05) is 36.6 Å². The van der Waals surface area contributed by atoms with E-state index < -0.39 is 20.0 Å². The average Bonchev–Trinajstić information content (AvgIpc) is 2.72. The molecule has 2 saturated heterocycles. The maximum absolute atomic E-state index is 12.8. The predicted octanol–water partition coefficient (Wildman–Crippen LogP) is 2.82. The second kappa shape index (κ2) is 7.80. The molecule has 162 valence electrons. The second-order valence-electron chi connectivity index (χ2n) is 7.81. The Morgan fingerprint density at radius 3 is 1.77 bits per heavy atom. The molecule has 10 heteroatoms. The third kappa shape index (κ3) is 3.85. The van der Waals surface area contributed by atoms with Crippen LogP contribution in [0.4, 0.5) is 0 Å². The molecular formula is C20H23ClN2O5S2. The molecule has 2 fully saturated rings. The van der Waals surface area contributed by atoms with E-state index >= 15 is 0 Å². The smallest absolute Gasteiger partial charge is 0.243 e. The maximum Gasteiger partial charge on any atom is 0.243 e. The van der Waals surface area contributed by atoms with Crippen molar-refractivity contribution in [1.29, 1.82) is 0 Å². The Balaban J connectivity index is 1.40. The predicted molar refractivity (Wildman–Crippen MR) is 114 cm³/mol. The Labute approximate surface area is 182 Å². The van der Waals surface area contributed by atoms with Gasteiger partial charge in [0.05, 0.1) is 16.9 Å². The van der Waals surface area contributed by atoms with Gasteiger partial charge >= 0.3 is 0 Å². The monoisotopic (exact) mass is 470 g/mol. The van der Waals surface area contributed by atoms with E-state index in [2.05, 4.69) is 0 Å². The first-order chi connectivity index (χ1) is 14.2. The van der Waals surface area contributed by atoms with Gasteiger partial charge in [-0.05, 0) is 61.4 Å². The van der Waals surface area contributed by atoms with Crippen LogP contribution in [0.1, 0.15) is 12.8 Å². The Bertz CT molecular complexity index is 1120. The highest BCUT2D eigenvalue weighted by atomic mass is 35.5. The fraction of sp³-hybridized carbons (Fsp3) is 0.400. The fourth-order valence-corrected chi connectivity index (χ4v) is 7.27. The number of methoxy groups -OCH3 is 1. The zero-order chi connectivity index (χ0) is 21.6. The molecule has 0 unspecified atom stereocenters. The number of piperidine rings is 1. The van der Waals surface area contributed by atoms with Gasteiger partial charge in [-0.1, -0.05) is 11.6 Å². The molecule has 2 aliphatic rings. The molecule has 2 heterocycles. The maximum atomic E-state index is 12.8. The molecule has 2 aromatic rings. The van der Waals surface area contributed by atoms with Crippen LogP contribution in [0, 0.1) is 5.41 Å². The number of sulfonamides is 2. The molecule has 0 bridgehead atoms. The summed E-state index contributed by atoms with van der Waals surface area (Å²) in [6.07, 6.45) is 1.27. The molecule has 0 aromatic heterocycles.